The molecular formula is C26H31N7O. The Kier molecular flexibility index (Phi) is 6.42. The molecule has 3 aromatic rings. The standard InChI is InChI=1S/C26H31N7O/c1-32-11-13-33(14-12-32)17-20-5-3-18(15-25(20)34-2)4-8-23-21-7-6-19(16-24(21)31-30-23)22-9-10-28-26(27)29-22/h3-4,6-10,15-16,20H,5,11-14,17H2,1-2H3,(H,30,31)(H2,27,28,29)/b8-4+. The Morgan fingerprint density at radius 2 is 2.03 bits per heavy atom. The molecule has 1 saturated heterocycles. The fourth-order valence-electron chi connectivity index (χ4n) is 4.62. The maximum atomic E-state index is 5.78. The number of nitrogen functional groups attached to an aromatic ring is 1. The first kappa shape index (κ1) is 22.3. The SMILES string of the molecule is COC1=CC(/C=C/c2n[nH]c3cc(-c4ccnc(N)n4)ccc23)=CCC1CN1CCN(C)CC1. The van der Waals surface area contributed by atoms with Gasteiger partial charge in [0.05, 0.1) is 24.0 Å². The van der Waals surface area contributed by atoms with Crippen LogP contribution in [-0.2, 0) is 4.74 Å². The number of nitrogens with two attached hydrogens (primary N) is 1. The number of allylic oxidation sites excluding steroid dienone is 4. The van der Waals surface area contributed by atoms with Crippen molar-refractivity contribution in [2.24, 2.45) is 5.92 Å². The number of hydrogen-bond donors (Lipinski definition) is 2. The highest BCUT2D eigenvalue weighted by atomic mass is 16.5. The van der Waals surface area contributed by atoms with Gasteiger partial charge in [0.25, 0.3) is 0 Å². The Labute approximate surface area is 199 Å². The summed E-state index contributed by atoms with van der Waals surface area (Å²) in [6.07, 6.45) is 11.3. The summed E-state index contributed by atoms with van der Waals surface area (Å²) in [7, 11) is 3.97. The van der Waals surface area contributed by atoms with Crippen molar-refractivity contribution in [3.8, 4) is 11.3 Å². The maximum absolute atomic E-state index is 5.78. The molecule has 34 heavy (non-hydrogen) atoms. The largest absolute Gasteiger partial charge is 0.501 e. The molecule has 0 amide bonds. The molecule has 1 atom stereocenters. The molecule has 3 N–H and O–H groups in total. The van der Waals surface area contributed by atoms with E-state index in [0.29, 0.717) is 5.92 Å². The summed E-state index contributed by atoms with van der Waals surface area (Å²) in [6.45, 7) is 5.56. The zero-order valence-corrected chi connectivity index (χ0v) is 19.7. The van der Waals surface area contributed by atoms with E-state index >= 15 is 0 Å². The Hall–Kier alpha value is -3.49. The predicted molar refractivity (Wildman–Crippen MR) is 136 cm³/mol. The number of anilines is 1. The minimum absolute atomic E-state index is 0.265. The number of rotatable bonds is 6. The lowest BCUT2D eigenvalue weighted by atomic mass is 9.93. The molecule has 176 valence electrons. The van der Waals surface area contributed by atoms with Crippen LogP contribution in [0.3, 0.4) is 0 Å². The van der Waals surface area contributed by atoms with E-state index in [1.807, 2.05) is 18.2 Å². The first-order valence-electron chi connectivity index (χ1n) is 11.7. The zero-order valence-electron chi connectivity index (χ0n) is 19.7. The van der Waals surface area contributed by atoms with Crippen LogP contribution in [0.1, 0.15) is 12.1 Å². The van der Waals surface area contributed by atoms with Gasteiger partial charge in [-0.15, -0.1) is 0 Å². The van der Waals surface area contributed by atoms with Crippen LogP contribution in [0.25, 0.3) is 28.2 Å². The lowest BCUT2D eigenvalue weighted by Gasteiger charge is -2.35. The molecule has 1 aromatic carbocycles. The van der Waals surface area contributed by atoms with Crippen molar-refractivity contribution in [1.29, 1.82) is 0 Å². The predicted octanol–water partition coefficient (Wildman–Crippen LogP) is 3.34. The van der Waals surface area contributed by atoms with E-state index in [2.05, 4.69) is 67.4 Å². The quantitative estimate of drug-likeness (QED) is 0.586. The molecule has 5 rings (SSSR count). The first-order chi connectivity index (χ1) is 16.6. The van der Waals surface area contributed by atoms with E-state index in [4.69, 9.17) is 10.5 Å². The Morgan fingerprint density at radius 1 is 1.18 bits per heavy atom. The molecule has 0 radical (unpaired) electrons. The highest BCUT2D eigenvalue weighted by Crippen LogP contribution is 2.28. The van der Waals surface area contributed by atoms with Gasteiger partial charge in [-0.2, -0.15) is 5.10 Å². The Balaban J connectivity index is 1.28. The summed E-state index contributed by atoms with van der Waals surface area (Å²) in [6, 6.07) is 7.97. The molecule has 0 saturated carbocycles. The number of ether oxygens (including phenoxy) is 1. The summed E-state index contributed by atoms with van der Waals surface area (Å²) in [5.74, 6) is 1.73. The van der Waals surface area contributed by atoms with Gasteiger partial charge in [0.1, 0.15) is 5.76 Å². The van der Waals surface area contributed by atoms with Gasteiger partial charge < -0.3 is 20.3 Å². The van der Waals surface area contributed by atoms with Crippen LogP contribution in [-0.4, -0.2) is 76.8 Å². The van der Waals surface area contributed by atoms with Crippen LogP contribution < -0.4 is 5.73 Å². The van der Waals surface area contributed by atoms with Crippen LogP contribution in [0.2, 0.25) is 0 Å². The van der Waals surface area contributed by atoms with Crippen molar-refractivity contribution < 1.29 is 4.74 Å². The van der Waals surface area contributed by atoms with Gasteiger partial charge in [-0.25, -0.2) is 9.97 Å². The van der Waals surface area contributed by atoms with Crippen molar-refractivity contribution in [3.05, 3.63) is 65.7 Å². The number of piperazine rings is 1. The number of H-pyrrole nitrogens is 1. The topological polar surface area (TPSA) is 96.2 Å². The second-order valence-corrected chi connectivity index (χ2v) is 8.99. The van der Waals surface area contributed by atoms with E-state index in [-0.39, 0.29) is 5.95 Å². The highest BCUT2D eigenvalue weighted by molar-refractivity contribution is 5.90. The average Bonchev–Trinajstić information content (AvgIpc) is 3.27. The van der Waals surface area contributed by atoms with E-state index in [0.717, 1.165) is 78.3 Å². The molecule has 0 bridgehead atoms. The maximum Gasteiger partial charge on any atom is 0.220 e. The molecule has 2 aliphatic rings. The number of nitrogens with one attached hydrogen (secondary N) is 1. The van der Waals surface area contributed by atoms with Gasteiger partial charge in [-0.05, 0) is 49.4 Å². The van der Waals surface area contributed by atoms with Crippen LogP contribution >= 0.6 is 0 Å². The normalized spacial score (nSPS) is 20.0. The highest BCUT2D eigenvalue weighted by Gasteiger charge is 2.23. The van der Waals surface area contributed by atoms with Crippen LogP contribution in [0.4, 0.5) is 5.95 Å². The summed E-state index contributed by atoms with van der Waals surface area (Å²) in [4.78, 5) is 13.2. The minimum atomic E-state index is 0.265. The minimum Gasteiger partial charge on any atom is -0.501 e. The van der Waals surface area contributed by atoms with Gasteiger partial charge >= 0.3 is 0 Å². The molecule has 2 aromatic heterocycles. The number of aromatic amines is 1. The number of fused-ring (bicyclic) bond motifs is 1. The number of likely N-dealkylation sites (N-methyl/N-ethyl adjacent to an activating group) is 1. The van der Waals surface area contributed by atoms with Crippen molar-refractivity contribution in [3.63, 3.8) is 0 Å². The molecule has 1 aliphatic heterocycles. The number of nitrogens with zero attached hydrogens (tertiary/aromatic N) is 5. The first-order valence-corrected chi connectivity index (χ1v) is 11.7. The monoisotopic (exact) mass is 457 g/mol. The molecule has 1 aliphatic carbocycles. The average molecular weight is 458 g/mol. The molecule has 8 heteroatoms. The number of aromatic nitrogens is 4. The zero-order chi connectivity index (χ0) is 23.5. The van der Waals surface area contributed by atoms with Gasteiger partial charge in [0, 0.05) is 55.8 Å². The second-order valence-electron chi connectivity index (χ2n) is 8.99. The molecule has 3 heterocycles. The second kappa shape index (κ2) is 9.79. The third-order valence-corrected chi connectivity index (χ3v) is 6.66. The van der Waals surface area contributed by atoms with Gasteiger partial charge in [0.2, 0.25) is 5.95 Å². The van der Waals surface area contributed by atoms with Crippen LogP contribution in [0.5, 0.6) is 0 Å². The van der Waals surface area contributed by atoms with Crippen molar-refractivity contribution in [1.82, 2.24) is 30.0 Å². The summed E-state index contributed by atoms with van der Waals surface area (Å²) >= 11 is 0. The molecule has 1 fully saturated rings. The van der Waals surface area contributed by atoms with E-state index in [9.17, 15) is 0 Å². The van der Waals surface area contributed by atoms with Crippen molar-refractivity contribution >= 4 is 22.9 Å². The fourth-order valence-corrected chi connectivity index (χ4v) is 4.62. The number of hydrogen-bond acceptors (Lipinski definition) is 7. The molecular weight excluding hydrogens is 426 g/mol. The third kappa shape index (κ3) is 4.88. The van der Waals surface area contributed by atoms with Crippen LogP contribution in [0, 0.1) is 5.92 Å². The van der Waals surface area contributed by atoms with Gasteiger partial charge in [0.15, 0.2) is 0 Å². The molecule has 0 spiro atoms. The molecule has 8 nitrogen and oxygen atoms in total. The molecule has 1 unspecified atom stereocenters. The van der Waals surface area contributed by atoms with Gasteiger partial charge in [-0.3, -0.25) is 5.10 Å². The van der Waals surface area contributed by atoms with Crippen molar-refractivity contribution in [2.45, 2.75) is 6.42 Å². The van der Waals surface area contributed by atoms with E-state index in [1.165, 1.54) is 0 Å². The number of benzene rings is 1. The smallest absolute Gasteiger partial charge is 0.220 e. The van der Waals surface area contributed by atoms with E-state index in [1.54, 1.807) is 13.3 Å². The Morgan fingerprint density at radius 3 is 2.82 bits per heavy atom. The lowest BCUT2D eigenvalue weighted by Crippen LogP contribution is -2.46. The summed E-state index contributed by atoms with van der Waals surface area (Å²) in [5.41, 5.74) is 10.5. The Bertz CT molecular complexity index is 1250. The van der Waals surface area contributed by atoms with Gasteiger partial charge in [-0.1, -0.05) is 18.2 Å². The number of methoxy groups -OCH3 is 1. The van der Waals surface area contributed by atoms with E-state index < -0.39 is 0 Å². The van der Waals surface area contributed by atoms with Crippen LogP contribution in [0.15, 0.2) is 60.0 Å². The summed E-state index contributed by atoms with van der Waals surface area (Å²) in [5, 5.41) is 8.70. The summed E-state index contributed by atoms with van der Waals surface area (Å²) < 4.78 is 5.78. The lowest BCUT2D eigenvalue weighted by molar-refractivity contribution is 0.125. The fraction of sp³-hybridized carbons (Fsp3) is 0.346. The van der Waals surface area contributed by atoms with Crippen molar-refractivity contribution in [2.75, 3.05) is 52.6 Å². The third-order valence-electron chi connectivity index (χ3n) is 6.66.